The quantitative estimate of drug-likeness (QED) is 0.750. The lowest BCUT2D eigenvalue weighted by Gasteiger charge is -2.05. The van der Waals surface area contributed by atoms with Crippen LogP contribution in [0.15, 0.2) is 18.2 Å². The van der Waals surface area contributed by atoms with Gasteiger partial charge in [0.15, 0.2) is 0 Å². The maximum absolute atomic E-state index is 12.8. The molecule has 1 aromatic rings. The van der Waals surface area contributed by atoms with Gasteiger partial charge < -0.3 is 10.2 Å². The molecule has 4 heteroatoms. The molecule has 2 N–H and O–H groups in total. The lowest BCUT2D eigenvalue weighted by molar-refractivity contribution is 0.180. The Kier molecular flexibility index (Phi) is 2.89. The van der Waals surface area contributed by atoms with Crippen molar-refractivity contribution < 1.29 is 14.6 Å². The molecule has 0 aliphatic heterocycles. The molecule has 0 fully saturated rings. The Morgan fingerprint density at radius 1 is 1.50 bits per heavy atom. The molecule has 1 aromatic carbocycles. The molecule has 12 heavy (non-hydrogen) atoms. The number of hydrogen-bond acceptors (Lipinski definition) is 2. The molecule has 0 heterocycles. The number of rotatable bonds is 2. The van der Waals surface area contributed by atoms with Crippen molar-refractivity contribution >= 4 is 11.6 Å². The van der Waals surface area contributed by atoms with Crippen molar-refractivity contribution in [2.24, 2.45) is 0 Å². The summed E-state index contributed by atoms with van der Waals surface area (Å²) in [5.74, 6) is -0.0921. The largest absolute Gasteiger partial charge is 0.506 e. The molecule has 2 nitrogen and oxygen atoms in total. The average Bonchev–Trinajstić information content (AvgIpc) is 2.08. The van der Waals surface area contributed by atoms with E-state index in [2.05, 4.69) is 0 Å². The molecular weight excluding hydrogens is 183 g/mol. The van der Waals surface area contributed by atoms with E-state index in [1.165, 1.54) is 18.2 Å². The smallest absolute Gasteiger partial charge is 0.148 e. The maximum Gasteiger partial charge on any atom is 0.148 e. The second-order valence-electron chi connectivity index (χ2n) is 2.36. The highest BCUT2D eigenvalue weighted by Crippen LogP contribution is 2.27. The molecule has 1 rings (SSSR count). The maximum atomic E-state index is 12.8. The van der Waals surface area contributed by atoms with Crippen LogP contribution in [-0.4, -0.2) is 16.8 Å². The fraction of sp³-hybridized carbons (Fsp3) is 0.250. The molecule has 0 amide bonds. The van der Waals surface area contributed by atoms with E-state index in [1.54, 1.807) is 0 Å². The van der Waals surface area contributed by atoms with Gasteiger partial charge in [-0.1, -0.05) is 17.7 Å². The molecule has 1 atom stereocenters. The van der Waals surface area contributed by atoms with E-state index in [4.69, 9.17) is 21.8 Å². The van der Waals surface area contributed by atoms with E-state index < -0.39 is 12.8 Å². The number of benzene rings is 1. The first-order valence-electron chi connectivity index (χ1n) is 3.38. The van der Waals surface area contributed by atoms with Crippen molar-refractivity contribution in [3.63, 3.8) is 0 Å². The summed E-state index contributed by atoms with van der Waals surface area (Å²) in [5, 5.41) is 17.5. The van der Waals surface area contributed by atoms with Crippen LogP contribution in [0.5, 0.6) is 5.75 Å². The van der Waals surface area contributed by atoms with Gasteiger partial charge in [-0.05, 0) is 17.7 Å². The fourth-order valence-corrected chi connectivity index (χ4v) is 1.01. The van der Waals surface area contributed by atoms with Crippen LogP contribution in [-0.2, 0) is 0 Å². The first-order chi connectivity index (χ1) is 5.65. The summed E-state index contributed by atoms with van der Waals surface area (Å²) in [6.45, 7) is -0.582. The van der Waals surface area contributed by atoms with Gasteiger partial charge in [-0.15, -0.1) is 0 Å². The minimum absolute atomic E-state index is 0.0867. The highest BCUT2D eigenvalue weighted by Gasteiger charge is 2.09. The highest BCUT2D eigenvalue weighted by molar-refractivity contribution is 6.32. The summed E-state index contributed by atoms with van der Waals surface area (Å²) < 4.78 is 12.8. The van der Waals surface area contributed by atoms with Crippen LogP contribution in [0.2, 0.25) is 5.02 Å². The molecule has 0 radical (unpaired) electrons. The van der Waals surface area contributed by atoms with Gasteiger partial charge in [0.1, 0.15) is 11.9 Å². The second-order valence-corrected chi connectivity index (χ2v) is 2.77. The Hall–Kier alpha value is -0.800. The van der Waals surface area contributed by atoms with Gasteiger partial charge in [-0.25, -0.2) is 4.39 Å². The summed E-state index contributed by atoms with van der Waals surface area (Å²) in [6, 6.07) is 3.96. The van der Waals surface area contributed by atoms with Crippen LogP contribution in [0.25, 0.3) is 0 Å². The van der Waals surface area contributed by atoms with Crippen molar-refractivity contribution in [3.05, 3.63) is 28.8 Å². The standard InChI is InChI=1S/C8H8ClFO2/c9-6-3-5(7(10)4-11)1-2-8(6)12/h1-3,7,11-12H,4H2. The zero-order valence-electron chi connectivity index (χ0n) is 6.17. The lowest BCUT2D eigenvalue weighted by Crippen LogP contribution is -1.96. The average molecular weight is 191 g/mol. The zero-order valence-corrected chi connectivity index (χ0v) is 6.92. The van der Waals surface area contributed by atoms with Crippen LogP contribution in [0.3, 0.4) is 0 Å². The molecule has 0 spiro atoms. The van der Waals surface area contributed by atoms with Crippen LogP contribution in [0, 0.1) is 0 Å². The molecule has 0 aromatic heterocycles. The highest BCUT2D eigenvalue weighted by atomic mass is 35.5. The first kappa shape index (κ1) is 9.29. The van der Waals surface area contributed by atoms with Crippen molar-refractivity contribution in [2.75, 3.05) is 6.61 Å². The van der Waals surface area contributed by atoms with E-state index in [0.29, 0.717) is 0 Å². The summed E-state index contributed by atoms with van der Waals surface area (Å²) in [7, 11) is 0. The normalized spacial score (nSPS) is 12.9. The SMILES string of the molecule is OCC(F)c1ccc(O)c(Cl)c1. The van der Waals surface area contributed by atoms with E-state index in [9.17, 15) is 4.39 Å². The van der Waals surface area contributed by atoms with E-state index >= 15 is 0 Å². The molecular formula is C8H8ClFO2. The first-order valence-corrected chi connectivity index (χ1v) is 3.76. The molecule has 66 valence electrons. The van der Waals surface area contributed by atoms with Crippen molar-refractivity contribution in [1.82, 2.24) is 0 Å². The molecule has 1 unspecified atom stereocenters. The topological polar surface area (TPSA) is 40.5 Å². The molecule has 0 aliphatic rings. The van der Waals surface area contributed by atoms with Crippen LogP contribution >= 0.6 is 11.6 Å². The monoisotopic (exact) mass is 190 g/mol. The third-order valence-corrected chi connectivity index (χ3v) is 1.80. The van der Waals surface area contributed by atoms with Gasteiger partial charge in [-0.3, -0.25) is 0 Å². The van der Waals surface area contributed by atoms with Gasteiger partial charge in [-0.2, -0.15) is 0 Å². The van der Waals surface area contributed by atoms with Gasteiger partial charge >= 0.3 is 0 Å². The summed E-state index contributed by atoms with van der Waals surface area (Å²) >= 11 is 5.52. The predicted molar refractivity (Wildman–Crippen MR) is 44.1 cm³/mol. The second kappa shape index (κ2) is 3.74. The number of hydrogen-bond donors (Lipinski definition) is 2. The Labute approximate surface area is 74.2 Å². The third kappa shape index (κ3) is 1.87. The van der Waals surface area contributed by atoms with Gasteiger partial charge in [0.25, 0.3) is 0 Å². The summed E-state index contributed by atoms with van der Waals surface area (Å²) in [5.41, 5.74) is 0.264. The Morgan fingerprint density at radius 2 is 2.17 bits per heavy atom. The number of aliphatic hydroxyl groups is 1. The summed E-state index contributed by atoms with van der Waals surface area (Å²) in [4.78, 5) is 0. The third-order valence-electron chi connectivity index (χ3n) is 1.49. The lowest BCUT2D eigenvalue weighted by atomic mass is 10.1. The van der Waals surface area contributed by atoms with E-state index in [-0.39, 0.29) is 16.3 Å². The Morgan fingerprint density at radius 3 is 2.67 bits per heavy atom. The van der Waals surface area contributed by atoms with Crippen molar-refractivity contribution in [3.8, 4) is 5.75 Å². The van der Waals surface area contributed by atoms with Crippen molar-refractivity contribution in [1.29, 1.82) is 0 Å². The Balaban J connectivity index is 2.96. The van der Waals surface area contributed by atoms with Gasteiger partial charge in [0.05, 0.1) is 11.6 Å². The minimum atomic E-state index is -1.44. The number of phenolic OH excluding ortho intramolecular Hbond substituents is 1. The van der Waals surface area contributed by atoms with Crippen LogP contribution in [0.4, 0.5) is 4.39 Å². The van der Waals surface area contributed by atoms with Crippen molar-refractivity contribution in [2.45, 2.75) is 6.17 Å². The van der Waals surface area contributed by atoms with Crippen LogP contribution < -0.4 is 0 Å². The van der Waals surface area contributed by atoms with E-state index in [1.807, 2.05) is 0 Å². The molecule has 0 saturated heterocycles. The number of aromatic hydroxyl groups is 1. The van der Waals surface area contributed by atoms with Crippen LogP contribution in [0.1, 0.15) is 11.7 Å². The number of alkyl halides is 1. The number of phenols is 1. The summed E-state index contributed by atoms with van der Waals surface area (Å²) in [6.07, 6.45) is -1.44. The number of aliphatic hydroxyl groups excluding tert-OH is 1. The Bertz CT molecular complexity index is 278. The molecule has 0 saturated carbocycles. The molecule has 0 aliphatic carbocycles. The molecule has 0 bridgehead atoms. The predicted octanol–water partition coefficient (Wildman–Crippen LogP) is 2.05. The number of halogens is 2. The van der Waals surface area contributed by atoms with E-state index in [0.717, 1.165) is 0 Å². The zero-order chi connectivity index (χ0) is 9.14. The van der Waals surface area contributed by atoms with Gasteiger partial charge in [0.2, 0.25) is 0 Å². The van der Waals surface area contributed by atoms with Gasteiger partial charge in [0, 0.05) is 0 Å². The fourth-order valence-electron chi connectivity index (χ4n) is 0.823. The minimum Gasteiger partial charge on any atom is -0.506 e.